The van der Waals surface area contributed by atoms with Crippen LogP contribution in [0.25, 0.3) is 0 Å². The highest BCUT2D eigenvalue weighted by Gasteiger charge is 2.70. The molecule has 0 bridgehead atoms. The van der Waals surface area contributed by atoms with Crippen molar-refractivity contribution in [1.29, 1.82) is 0 Å². The minimum atomic E-state index is -5.71. The molecule has 0 rings (SSSR count). The van der Waals surface area contributed by atoms with Crippen molar-refractivity contribution in [3.63, 3.8) is 0 Å². The van der Waals surface area contributed by atoms with Crippen molar-refractivity contribution >= 4 is 37.3 Å². The number of hydrogen-bond donors (Lipinski definition) is 4. The second kappa shape index (κ2) is 5.04. The average molecular weight is 342 g/mol. The molecule has 0 aromatic rings. The zero-order valence-electron chi connectivity index (χ0n) is 9.62. The molecule has 0 aliphatic rings. The molecule has 11 nitrogen and oxygen atoms in total. The van der Waals surface area contributed by atoms with Gasteiger partial charge < -0.3 is 5.11 Å². The van der Waals surface area contributed by atoms with Crippen molar-refractivity contribution in [2.45, 2.75) is 4.20 Å². The van der Waals surface area contributed by atoms with Gasteiger partial charge >= 0.3 is 30.4 Å². The van der Waals surface area contributed by atoms with Gasteiger partial charge in [0.1, 0.15) is 0 Å². The molecule has 0 aliphatic carbocycles. The lowest BCUT2D eigenvalue weighted by Crippen LogP contribution is -2.71. The summed E-state index contributed by atoms with van der Waals surface area (Å²) < 4.78 is 76.1. The SMILES string of the molecule is C[N+](C)(CS(=O)(=O)O)C(C(=O)O)(S(=O)O)S(=O)(=O)O. The molecule has 0 saturated carbocycles. The lowest BCUT2D eigenvalue weighted by Gasteiger charge is -2.38. The van der Waals surface area contributed by atoms with Crippen LogP contribution in [0, 0.1) is 0 Å². The van der Waals surface area contributed by atoms with E-state index in [2.05, 4.69) is 0 Å². The molecular formula is C5H12NO10S3+. The Hall–Kier alpha value is -0.640. The second-order valence-corrected chi connectivity index (χ2v) is 8.32. The van der Waals surface area contributed by atoms with Gasteiger partial charge in [-0.3, -0.25) is 18.1 Å². The van der Waals surface area contributed by atoms with Crippen LogP contribution in [0.4, 0.5) is 0 Å². The van der Waals surface area contributed by atoms with E-state index in [1.54, 1.807) is 0 Å². The van der Waals surface area contributed by atoms with Crippen LogP contribution in [-0.2, 0) is 36.1 Å². The zero-order valence-corrected chi connectivity index (χ0v) is 12.1. The topological polar surface area (TPSA) is 183 Å². The summed E-state index contributed by atoms with van der Waals surface area (Å²) in [6, 6.07) is 0. The Morgan fingerprint density at radius 2 is 1.58 bits per heavy atom. The van der Waals surface area contributed by atoms with Gasteiger partial charge in [-0.2, -0.15) is 16.8 Å². The van der Waals surface area contributed by atoms with Gasteiger partial charge in [0, 0.05) is 0 Å². The van der Waals surface area contributed by atoms with Crippen LogP contribution in [-0.4, -0.2) is 74.4 Å². The van der Waals surface area contributed by atoms with Gasteiger partial charge in [0.05, 0.1) is 14.1 Å². The minimum absolute atomic E-state index is 0.629. The number of carboxylic acid groups (broad SMARTS) is 1. The van der Waals surface area contributed by atoms with Gasteiger partial charge in [0.25, 0.3) is 0 Å². The van der Waals surface area contributed by atoms with Crippen molar-refractivity contribution in [1.82, 2.24) is 0 Å². The van der Waals surface area contributed by atoms with E-state index in [9.17, 15) is 25.8 Å². The standard InChI is InChI=1S/C5H11NO10S3/c1-6(2,3-18(11,12)13)5(4(7)8,17(9)10)19(14,15)16/h3H2,1-2H3,(H3-,7,8,9,10,11,12,13,14,15,16)/p+1. The number of rotatable bonds is 6. The van der Waals surface area contributed by atoms with E-state index >= 15 is 0 Å². The summed E-state index contributed by atoms with van der Waals surface area (Å²) in [5.74, 6) is -3.99. The van der Waals surface area contributed by atoms with Crippen molar-refractivity contribution in [3.05, 3.63) is 0 Å². The Kier molecular flexibility index (Phi) is 4.87. The summed E-state index contributed by atoms with van der Waals surface area (Å²) in [5, 5.41) is 8.88. The predicted molar refractivity (Wildman–Crippen MR) is 61.2 cm³/mol. The summed E-state index contributed by atoms with van der Waals surface area (Å²) in [7, 11) is -9.36. The second-order valence-electron chi connectivity index (χ2n) is 4.01. The molecular weight excluding hydrogens is 330 g/mol. The van der Waals surface area contributed by atoms with Crippen molar-refractivity contribution in [2.24, 2.45) is 0 Å². The van der Waals surface area contributed by atoms with Crippen LogP contribution in [0.1, 0.15) is 0 Å². The summed E-state index contributed by atoms with van der Waals surface area (Å²) in [4.78, 5) is 11.1. The highest BCUT2D eigenvalue weighted by atomic mass is 32.3. The lowest BCUT2D eigenvalue weighted by atomic mass is 10.5. The Morgan fingerprint density at radius 1 is 1.21 bits per heavy atom. The smallest absolute Gasteiger partial charge is 0.420 e. The van der Waals surface area contributed by atoms with Gasteiger partial charge in [-0.05, 0) is 0 Å². The Balaban J connectivity index is 6.48. The molecule has 19 heavy (non-hydrogen) atoms. The van der Waals surface area contributed by atoms with Crippen LogP contribution in [0.5, 0.6) is 0 Å². The molecule has 2 atom stereocenters. The molecule has 4 N–H and O–H groups in total. The van der Waals surface area contributed by atoms with E-state index in [0.717, 1.165) is 0 Å². The van der Waals surface area contributed by atoms with E-state index in [-0.39, 0.29) is 0 Å². The number of nitrogens with zero attached hydrogens (tertiary/aromatic N) is 1. The maximum atomic E-state index is 11.2. The number of carboxylic acids is 1. The molecule has 2 unspecified atom stereocenters. The van der Waals surface area contributed by atoms with Gasteiger partial charge in [-0.25, -0.2) is 9.00 Å². The Bertz CT molecular complexity index is 587. The number of carbonyl (C=O) groups is 1. The van der Waals surface area contributed by atoms with Crippen LogP contribution in [0.2, 0.25) is 0 Å². The van der Waals surface area contributed by atoms with E-state index in [1.807, 2.05) is 0 Å². The summed E-state index contributed by atoms with van der Waals surface area (Å²) in [6.45, 7) is 0. The molecule has 0 aromatic carbocycles. The monoisotopic (exact) mass is 342 g/mol. The number of hydrogen-bond acceptors (Lipinski definition) is 6. The lowest BCUT2D eigenvalue weighted by molar-refractivity contribution is -0.892. The molecule has 0 amide bonds. The third kappa shape index (κ3) is 3.28. The van der Waals surface area contributed by atoms with E-state index in [1.165, 1.54) is 0 Å². The maximum Gasteiger partial charge on any atom is 0.420 e. The first kappa shape index (κ1) is 18.4. The molecule has 0 heterocycles. The van der Waals surface area contributed by atoms with Crippen molar-refractivity contribution in [3.8, 4) is 0 Å². The predicted octanol–water partition coefficient (Wildman–Crippen LogP) is -2.24. The Labute approximate surface area is 111 Å². The van der Waals surface area contributed by atoms with Crippen molar-refractivity contribution < 1.29 is 49.1 Å². The third-order valence-corrected chi connectivity index (χ3v) is 6.68. The normalized spacial score (nSPS) is 18.6. The van der Waals surface area contributed by atoms with Crippen LogP contribution in [0.3, 0.4) is 0 Å². The van der Waals surface area contributed by atoms with Gasteiger partial charge in [-0.15, -0.1) is 0 Å². The first-order valence-corrected chi connectivity index (χ1v) is 8.35. The molecule has 0 spiro atoms. The fraction of sp³-hybridized carbons (Fsp3) is 0.800. The molecule has 14 heteroatoms. The third-order valence-electron chi connectivity index (χ3n) is 2.14. The van der Waals surface area contributed by atoms with Crippen LogP contribution in [0.15, 0.2) is 0 Å². The van der Waals surface area contributed by atoms with E-state index < -0.39 is 51.8 Å². The molecule has 0 radical (unpaired) electrons. The fourth-order valence-corrected chi connectivity index (χ4v) is 4.99. The highest BCUT2D eigenvalue weighted by molar-refractivity contribution is 8.03. The summed E-state index contributed by atoms with van der Waals surface area (Å²) in [6.07, 6.45) is 0. The van der Waals surface area contributed by atoms with E-state index in [4.69, 9.17) is 18.8 Å². The zero-order chi connectivity index (χ0) is 15.9. The average Bonchev–Trinajstić information content (AvgIpc) is 1.91. The first-order chi connectivity index (χ1) is 8.09. The maximum absolute atomic E-state index is 11.2. The summed E-state index contributed by atoms with van der Waals surface area (Å²) >= 11 is -3.71. The number of aliphatic carboxylic acids is 1. The molecule has 0 aromatic heterocycles. The fourth-order valence-electron chi connectivity index (χ4n) is 1.55. The van der Waals surface area contributed by atoms with Crippen LogP contribution < -0.4 is 0 Å². The van der Waals surface area contributed by atoms with Gasteiger partial charge in [-0.1, -0.05) is 0 Å². The quantitative estimate of drug-likeness (QED) is 0.234. The number of likely N-dealkylation sites (N-methyl/N-ethyl adjacent to an activating group) is 1. The first-order valence-electron chi connectivity index (χ1n) is 4.19. The Morgan fingerprint density at radius 3 is 1.74 bits per heavy atom. The molecule has 114 valence electrons. The van der Waals surface area contributed by atoms with E-state index in [0.29, 0.717) is 14.1 Å². The van der Waals surface area contributed by atoms with Gasteiger partial charge in [0.2, 0.25) is 17.0 Å². The molecule has 0 fully saturated rings. The van der Waals surface area contributed by atoms with Crippen LogP contribution >= 0.6 is 0 Å². The largest absolute Gasteiger partial charge is 0.475 e. The number of quaternary nitrogens is 1. The molecule has 0 aliphatic heterocycles. The van der Waals surface area contributed by atoms with Gasteiger partial charge in [0.15, 0.2) is 0 Å². The minimum Gasteiger partial charge on any atom is -0.475 e. The summed E-state index contributed by atoms with van der Waals surface area (Å²) in [5.41, 5.74) is 0. The molecule has 0 saturated heterocycles. The highest BCUT2D eigenvalue weighted by Crippen LogP contribution is 2.31. The van der Waals surface area contributed by atoms with Crippen molar-refractivity contribution in [2.75, 3.05) is 20.0 Å².